The highest BCUT2D eigenvalue weighted by Gasteiger charge is 2.29. The van der Waals surface area contributed by atoms with E-state index >= 15 is 0 Å². The van der Waals surface area contributed by atoms with Crippen molar-refractivity contribution in [1.82, 2.24) is 0 Å². The highest BCUT2D eigenvalue weighted by molar-refractivity contribution is 5.44. The third-order valence-corrected chi connectivity index (χ3v) is 3.32. The van der Waals surface area contributed by atoms with Crippen molar-refractivity contribution in [2.45, 2.75) is 47.5 Å². The third-order valence-electron chi connectivity index (χ3n) is 3.32. The maximum absolute atomic E-state index is 2.43. The van der Waals surface area contributed by atoms with Gasteiger partial charge in [0.2, 0.25) is 0 Å². The van der Waals surface area contributed by atoms with Crippen LogP contribution in [-0.2, 0) is 0 Å². The van der Waals surface area contributed by atoms with Gasteiger partial charge in [-0.25, -0.2) is 0 Å². The molecule has 0 fully saturated rings. The van der Waals surface area contributed by atoms with Crippen LogP contribution in [0.15, 0.2) is 22.8 Å². The average Bonchev–Trinajstić information content (AvgIpc) is 2.17. The van der Waals surface area contributed by atoms with Crippen molar-refractivity contribution >= 4 is 0 Å². The second kappa shape index (κ2) is 3.08. The summed E-state index contributed by atoms with van der Waals surface area (Å²) in [7, 11) is 0. The summed E-state index contributed by atoms with van der Waals surface area (Å²) >= 11 is 0. The monoisotopic (exact) mass is 164 g/mol. The van der Waals surface area contributed by atoms with Crippen molar-refractivity contribution in [3.63, 3.8) is 0 Å². The molecular weight excluding hydrogens is 144 g/mol. The van der Waals surface area contributed by atoms with E-state index in [-0.39, 0.29) is 0 Å². The maximum atomic E-state index is 2.43. The Balaban J connectivity index is 2.97. The molecule has 0 nitrogen and oxygen atoms in total. The minimum absolute atomic E-state index is 0.364. The first-order chi connectivity index (χ1) is 5.51. The summed E-state index contributed by atoms with van der Waals surface area (Å²) in [4.78, 5) is 0. The molecule has 1 rings (SSSR count). The second-order valence-corrected chi connectivity index (χ2v) is 4.24. The molecule has 1 aliphatic carbocycles. The maximum Gasteiger partial charge on any atom is 0.00712 e. The first-order valence-electron chi connectivity index (χ1n) is 4.89. The Morgan fingerprint density at radius 2 is 1.83 bits per heavy atom. The standard InChI is InChI=1S/C12H20/c1-6-7-12(5)8-9(2)10(3)11(12)4/h8H,6-7H2,1-5H3. The zero-order chi connectivity index (χ0) is 9.35. The van der Waals surface area contributed by atoms with Crippen LogP contribution in [0.25, 0.3) is 0 Å². The topological polar surface area (TPSA) is 0 Å². The van der Waals surface area contributed by atoms with Crippen LogP contribution in [0.3, 0.4) is 0 Å². The summed E-state index contributed by atoms with van der Waals surface area (Å²) in [5.41, 5.74) is 4.92. The highest BCUT2D eigenvalue weighted by Crippen LogP contribution is 2.43. The van der Waals surface area contributed by atoms with Crippen LogP contribution < -0.4 is 0 Å². The SMILES string of the molecule is CCCC1(C)C=C(C)C(C)=C1C. The fraction of sp³-hybridized carbons (Fsp3) is 0.667. The highest BCUT2D eigenvalue weighted by atomic mass is 14.3. The summed E-state index contributed by atoms with van der Waals surface area (Å²) in [5.74, 6) is 0. The predicted molar refractivity (Wildman–Crippen MR) is 55.1 cm³/mol. The van der Waals surface area contributed by atoms with Crippen molar-refractivity contribution in [1.29, 1.82) is 0 Å². The molecule has 0 amide bonds. The molecule has 68 valence electrons. The molecule has 1 unspecified atom stereocenters. The Bertz CT molecular complexity index is 243. The van der Waals surface area contributed by atoms with Crippen LogP contribution in [0.4, 0.5) is 0 Å². The Kier molecular flexibility index (Phi) is 2.46. The van der Waals surface area contributed by atoms with Gasteiger partial charge in [-0.3, -0.25) is 0 Å². The van der Waals surface area contributed by atoms with E-state index in [2.05, 4.69) is 40.7 Å². The fourth-order valence-electron chi connectivity index (χ4n) is 2.20. The molecule has 0 bridgehead atoms. The van der Waals surface area contributed by atoms with Crippen molar-refractivity contribution in [2.75, 3.05) is 0 Å². The lowest BCUT2D eigenvalue weighted by atomic mass is 9.81. The van der Waals surface area contributed by atoms with E-state index in [0.717, 1.165) is 0 Å². The quantitative estimate of drug-likeness (QED) is 0.576. The van der Waals surface area contributed by atoms with Gasteiger partial charge in [0.25, 0.3) is 0 Å². The zero-order valence-corrected chi connectivity index (χ0v) is 8.99. The lowest BCUT2D eigenvalue weighted by Crippen LogP contribution is -2.11. The predicted octanol–water partition coefficient (Wildman–Crippen LogP) is 4.09. The molecule has 0 N–H and O–H groups in total. The summed E-state index contributed by atoms with van der Waals surface area (Å²) < 4.78 is 0. The van der Waals surface area contributed by atoms with E-state index in [1.807, 2.05) is 0 Å². The Hall–Kier alpha value is -0.520. The van der Waals surface area contributed by atoms with Crippen molar-refractivity contribution < 1.29 is 0 Å². The molecule has 0 saturated carbocycles. The minimum atomic E-state index is 0.364. The van der Waals surface area contributed by atoms with Crippen molar-refractivity contribution in [2.24, 2.45) is 5.41 Å². The van der Waals surface area contributed by atoms with E-state index in [9.17, 15) is 0 Å². The Morgan fingerprint density at radius 3 is 2.17 bits per heavy atom. The van der Waals surface area contributed by atoms with Gasteiger partial charge < -0.3 is 0 Å². The van der Waals surface area contributed by atoms with Gasteiger partial charge in [0, 0.05) is 5.41 Å². The molecule has 0 aromatic rings. The van der Waals surface area contributed by atoms with Gasteiger partial charge in [-0.15, -0.1) is 0 Å². The molecule has 0 aliphatic heterocycles. The lowest BCUT2D eigenvalue weighted by Gasteiger charge is -2.23. The Morgan fingerprint density at radius 1 is 1.25 bits per heavy atom. The number of hydrogen-bond donors (Lipinski definition) is 0. The van der Waals surface area contributed by atoms with Gasteiger partial charge in [0.1, 0.15) is 0 Å². The van der Waals surface area contributed by atoms with Crippen LogP contribution >= 0.6 is 0 Å². The van der Waals surface area contributed by atoms with Crippen molar-refractivity contribution in [3.05, 3.63) is 22.8 Å². The average molecular weight is 164 g/mol. The molecule has 0 saturated heterocycles. The van der Waals surface area contributed by atoms with Crippen LogP contribution in [0.5, 0.6) is 0 Å². The van der Waals surface area contributed by atoms with Gasteiger partial charge in [-0.1, -0.05) is 37.5 Å². The van der Waals surface area contributed by atoms with E-state index in [0.29, 0.717) is 5.41 Å². The smallest absolute Gasteiger partial charge is 0.00712 e. The van der Waals surface area contributed by atoms with Gasteiger partial charge in [-0.2, -0.15) is 0 Å². The zero-order valence-electron chi connectivity index (χ0n) is 8.99. The molecule has 0 spiro atoms. The number of rotatable bonds is 2. The van der Waals surface area contributed by atoms with Crippen LogP contribution in [-0.4, -0.2) is 0 Å². The molecule has 1 atom stereocenters. The van der Waals surface area contributed by atoms with Crippen LogP contribution in [0, 0.1) is 5.41 Å². The Labute approximate surface area is 76.4 Å². The summed E-state index contributed by atoms with van der Waals surface area (Å²) in [6.07, 6.45) is 4.99. The van der Waals surface area contributed by atoms with E-state index < -0.39 is 0 Å². The van der Waals surface area contributed by atoms with Gasteiger partial charge in [0.15, 0.2) is 0 Å². The molecular formula is C12H20. The molecule has 0 aromatic carbocycles. The third kappa shape index (κ3) is 1.35. The summed E-state index contributed by atoms with van der Waals surface area (Å²) in [6.45, 7) is 11.3. The van der Waals surface area contributed by atoms with E-state index in [4.69, 9.17) is 0 Å². The van der Waals surface area contributed by atoms with Crippen LogP contribution in [0.1, 0.15) is 47.5 Å². The first kappa shape index (κ1) is 9.57. The molecule has 0 heteroatoms. The first-order valence-corrected chi connectivity index (χ1v) is 4.89. The van der Waals surface area contributed by atoms with Gasteiger partial charge >= 0.3 is 0 Å². The van der Waals surface area contributed by atoms with Gasteiger partial charge in [0.05, 0.1) is 0 Å². The van der Waals surface area contributed by atoms with Crippen LogP contribution in [0.2, 0.25) is 0 Å². The molecule has 0 heterocycles. The molecule has 0 aromatic heterocycles. The number of allylic oxidation sites excluding steroid dienone is 4. The van der Waals surface area contributed by atoms with Crippen molar-refractivity contribution in [3.8, 4) is 0 Å². The second-order valence-electron chi connectivity index (χ2n) is 4.24. The largest absolute Gasteiger partial charge is 0.0713 e. The van der Waals surface area contributed by atoms with E-state index in [1.54, 1.807) is 5.57 Å². The van der Waals surface area contributed by atoms with Gasteiger partial charge in [-0.05, 0) is 32.8 Å². The summed E-state index contributed by atoms with van der Waals surface area (Å²) in [5, 5.41) is 0. The minimum Gasteiger partial charge on any atom is -0.0713 e. The number of hydrogen-bond acceptors (Lipinski definition) is 0. The normalized spacial score (nSPS) is 29.6. The summed E-state index contributed by atoms with van der Waals surface area (Å²) in [6, 6.07) is 0. The lowest BCUT2D eigenvalue weighted by molar-refractivity contribution is 0.466. The molecule has 1 aliphatic rings. The van der Waals surface area contributed by atoms with E-state index in [1.165, 1.54) is 24.0 Å². The fourth-order valence-corrected chi connectivity index (χ4v) is 2.20. The molecule has 12 heavy (non-hydrogen) atoms. The molecule has 0 radical (unpaired) electrons.